The van der Waals surface area contributed by atoms with E-state index in [0.29, 0.717) is 39.1 Å². The average Bonchev–Trinajstić information content (AvgIpc) is 2.53. The van der Waals surface area contributed by atoms with E-state index >= 15 is 0 Å². The van der Waals surface area contributed by atoms with Gasteiger partial charge in [-0.05, 0) is 0 Å². The van der Waals surface area contributed by atoms with Gasteiger partial charge in [-0.25, -0.2) is 4.98 Å². The van der Waals surface area contributed by atoms with Crippen molar-refractivity contribution in [3.05, 3.63) is 28.4 Å². The summed E-state index contributed by atoms with van der Waals surface area (Å²) in [5.41, 5.74) is -0.100. The maximum atomic E-state index is 12.2. The van der Waals surface area contributed by atoms with Crippen LogP contribution in [0.4, 0.5) is 0 Å². The Labute approximate surface area is 121 Å². The molecule has 1 aliphatic rings. The van der Waals surface area contributed by atoms with Crippen LogP contribution < -0.4 is 5.56 Å². The molecule has 21 heavy (non-hydrogen) atoms. The van der Waals surface area contributed by atoms with Gasteiger partial charge >= 0.3 is 5.97 Å². The molecule has 0 unspecified atom stereocenters. The number of H-pyrrole nitrogens is 1. The van der Waals surface area contributed by atoms with Gasteiger partial charge in [-0.3, -0.25) is 19.3 Å². The highest BCUT2D eigenvalue weighted by Crippen LogP contribution is 2.06. The first kappa shape index (κ1) is 15.2. The maximum absolute atomic E-state index is 12.2. The van der Waals surface area contributed by atoms with Gasteiger partial charge in [-0.2, -0.15) is 0 Å². The molecule has 114 valence electrons. The molecule has 1 aromatic heterocycles. The van der Waals surface area contributed by atoms with Crippen LogP contribution >= 0.6 is 0 Å². The van der Waals surface area contributed by atoms with E-state index in [2.05, 4.69) is 19.6 Å². The van der Waals surface area contributed by atoms with Crippen LogP contribution in [0, 0.1) is 0 Å². The molecule has 0 atom stereocenters. The molecule has 1 amide bonds. The predicted octanol–water partition coefficient (Wildman–Crippen LogP) is -0.909. The zero-order chi connectivity index (χ0) is 15.2. The van der Waals surface area contributed by atoms with Crippen LogP contribution in [0.5, 0.6) is 0 Å². The number of methoxy groups -OCH3 is 1. The summed E-state index contributed by atoms with van der Waals surface area (Å²) in [5, 5.41) is 0. The number of piperazine rings is 1. The van der Waals surface area contributed by atoms with Crippen LogP contribution in [0.15, 0.2) is 17.2 Å². The van der Waals surface area contributed by atoms with Crippen LogP contribution in [0.2, 0.25) is 0 Å². The lowest BCUT2D eigenvalue weighted by Crippen LogP contribution is -2.49. The molecule has 8 nitrogen and oxygen atoms in total. The van der Waals surface area contributed by atoms with Crippen LogP contribution in [0.3, 0.4) is 0 Å². The van der Waals surface area contributed by atoms with E-state index in [-0.39, 0.29) is 23.1 Å². The standard InChI is InChI=1S/C13H18N4O4/c1-21-12(19)2-3-16-4-6-17(7-5-16)13(20)10-8-15-11(18)9-14-10/h8-9H,2-7H2,1H3,(H,15,18). The summed E-state index contributed by atoms with van der Waals surface area (Å²) in [7, 11) is 1.37. The fourth-order valence-corrected chi connectivity index (χ4v) is 2.15. The number of nitrogens with one attached hydrogen (secondary N) is 1. The summed E-state index contributed by atoms with van der Waals surface area (Å²) >= 11 is 0. The van der Waals surface area contributed by atoms with Gasteiger partial charge in [-0.15, -0.1) is 0 Å². The number of esters is 1. The van der Waals surface area contributed by atoms with Gasteiger partial charge in [0.1, 0.15) is 5.69 Å². The SMILES string of the molecule is COC(=O)CCN1CCN(C(=O)c2c[nH]c(=O)cn2)CC1. The highest BCUT2D eigenvalue weighted by molar-refractivity contribution is 5.92. The first-order valence-corrected chi connectivity index (χ1v) is 6.73. The molecule has 1 fully saturated rings. The molecular formula is C13H18N4O4. The van der Waals surface area contributed by atoms with Gasteiger partial charge < -0.3 is 14.6 Å². The molecule has 0 aliphatic carbocycles. The third-order valence-corrected chi connectivity index (χ3v) is 3.41. The Morgan fingerprint density at radius 2 is 2.05 bits per heavy atom. The first-order valence-electron chi connectivity index (χ1n) is 6.73. The molecule has 8 heteroatoms. The fourth-order valence-electron chi connectivity index (χ4n) is 2.15. The summed E-state index contributed by atoms with van der Waals surface area (Å²) in [6.07, 6.45) is 2.78. The first-order chi connectivity index (χ1) is 10.1. The molecule has 0 bridgehead atoms. The fraction of sp³-hybridized carbons (Fsp3) is 0.538. The van der Waals surface area contributed by atoms with E-state index in [1.807, 2.05) is 0 Å². The number of aromatic nitrogens is 2. The summed E-state index contributed by atoms with van der Waals surface area (Å²) in [6, 6.07) is 0. The number of rotatable bonds is 4. The Morgan fingerprint density at radius 3 is 2.62 bits per heavy atom. The molecule has 0 aromatic carbocycles. The highest BCUT2D eigenvalue weighted by Gasteiger charge is 2.23. The van der Waals surface area contributed by atoms with Gasteiger partial charge in [0.05, 0.1) is 19.7 Å². The van der Waals surface area contributed by atoms with Gasteiger partial charge in [-0.1, -0.05) is 0 Å². The van der Waals surface area contributed by atoms with Gasteiger partial charge in [0.25, 0.3) is 11.5 Å². The van der Waals surface area contributed by atoms with Crippen molar-refractivity contribution >= 4 is 11.9 Å². The minimum atomic E-state index is -0.334. The third kappa shape index (κ3) is 4.12. The van der Waals surface area contributed by atoms with Crippen LogP contribution in [-0.4, -0.2) is 71.5 Å². The molecule has 0 radical (unpaired) electrons. The number of hydrogen-bond donors (Lipinski definition) is 1. The number of nitrogens with zero attached hydrogens (tertiary/aromatic N) is 3. The summed E-state index contributed by atoms with van der Waals surface area (Å²) in [4.78, 5) is 44.3. The van der Waals surface area contributed by atoms with Gasteiger partial charge in [0, 0.05) is 38.9 Å². The minimum Gasteiger partial charge on any atom is -0.469 e. The zero-order valence-electron chi connectivity index (χ0n) is 11.9. The highest BCUT2D eigenvalue weighted by atomic mass is 16.5. The average molecular weight is 294 g/mol. The topological polar surface area (TPSA) is 95.6 Å². The van der Waals surface area contributed by atoms with Crippen molar-refractivity contribution in [2.75, 3.05) is 39.8 Å². The van der Waals surface area contributed by atoms with Crippen molar-refractivity contribution in [1.29, 1.82) is 0 Å². The van der Waals surface area contributed by atoms with E-state index in [9.17, 15) is 14.4 Å². The van der Waals surface area contributed by atoms with E-state index in [1.54, 1.807) is 4.90 Å². The Bertz CT molecular complexity index is 543. The van der Waals surface area contributed by atoms with Crippen molar-refractivity contribution < 1.29 is 14.3 Å². The monoisotopic (exact) mass is 294 g/mol. The van der Waals surface area contributed by atoms with Gasteiger partial charge in [0.15, 0.2) is 0 Å². The predicted molar refractivity (Wildman–Crippen MR) is 73.8 cm³/mol. The van der Waals surface area contributed by atoms with E-state index < -0.39 is 0 Å². The molecule has 1 aliphatic heterocycles. The second kappa shape index (κ2) is 6.98. The molecule has 2 rings (SSSR count). The van der Waals surface area contributed by atoms with Crippen molar-refractivity contribution in [2.45, 2.75) is 6.42 Å². The summed E-state index contributed by atoms with van der Waals surface area (Å²) in [6.45, 7) is 3.17. The molecule has 0 saturated carbocycles. The lowest BCUT2D eigenvalue weighted by Gasteiger charge is -2.34. The second-order valence-corrected chi connectivity index (χ2v) is 4.76. The molecule has 1 saturated heterocycles. The quantitative estimate of drug-likeness (QED) is 0.722. The Morgan fingerprint density at radius 1 is 1.33 bits per heavy atom. The molecule has 1 aromatic rings. The lowest BCUT2D eigenvalue weighted by atomic mass is 10.2. The van der Waals surface area contributed by atoms with E-state index in [0.717, 1.165) is 6.20 Å². The lowest BCUT2D eigenvalue weighted by molar-refractivity contribution is -0.141. The summed E-state index contributed by atoms with van der Waals surface area (Å²) < 4.78 is 4.60. The molecule has 0 spiro atoms. The largest absolute Gasteiger partial charge is 0.469 e. The van der Waals surface area contributed by atoms with Crippen molar-refractivity contribution in [1.82, 2.24) is 19.8 Å². The second-order valence-electron chi connectivity index (χ2n) is 4.76. The molecular weight excluding hydrogens is 276 g/mol. The van der Waals surface area contributed by atoms with E-state index in [1.165, 1.54) is 13.3 Å². The third-order valence-electron chi connectivity index (χ3n) is 3.41. The number of hydrogen-bond acceptors (Lipinski definition) is 6. The number of aromatic amines is 1. The van der Waals surface area contributed by atoms with E-state index in [4.69, 9.17) is 0 Å². The number of carbonyl (C=O) groups is 2. The maximum Gasteiger partial charge on any atom is 0.306 e. The normalized spacial score (nSPS) is 15.8. The smallest absolute Gasteiger partial charge is 0.306 e. The molecule has 2 heterocycles. The van der Waals surface area contributed by atoms with Crippen LogP contribution in [-0.2, 0) is 9.53 Å². The Kier molecular flexibility index (Phi) is 5.04. The van der Waals surface area contributed by atoms with Crippen LogP contribution in [0.25, 0.3) is 0 Å². The minimum absolute atomic E-state index is 0.195. The number of carbonyl (C=O) groups excluding carboxylic acids is 2. The van der Waals surface area contributed by atoms with Crippen molar-refractivity contribution in [2.24, 2.45) is 0 Å². The Balaban J connectivity index is 1.83. The molecule has 1 N–H and O–H groups in total. The number of ether oxygens (including phenoxy) is 1. The van der Waals surface area contributed by atoms with Crippen molar-refractivity contribution in [3.63, 3.8) is 0 Å². The number of amides is 1. The summed E-state index contributed by atoms with van der Waals surface area (Å²) in [5.74, 6) is -0.426. The Hall–Kier alpha value is -2.22. The zero-order valence-corrected chi connectivity index (χ0v) is 11.9. The van der Waals surface area contributed by atoms with Gasteiger partial charge in [0.2, 0.25) is 0 Å². The van der Waals surface area contributed by atoms with Crippen molar-refractivity contribution in [3.8, 4) is 0 Å². The van der Waals surface area contributed by atoms with Crippen LogP contribution in [0.1, 0.15) is 16.9 Å².